The molecule has 0 spiro atoms. The predicted molar refractivity (Wildman–Crippen MR) is 90.6 cm³/mol. The van der Waals surface area contributed by atoms with Crippen molar-refractivity contribution in [2.24, 2.45) is 5.92 Å². The van der Waals surface area contributed by atoms with Gasteiger partial charge in [-0.05, 0) is 43.7 Å². The number of sulfonamides is 1. The van der Waals surface area contributed by atoms with E-state index in [1.807, 2.05) is 0 Å². The number of rotatable bonds is 5. The number of benzene rings is 1. The van der Waals surface area contributed by atoms with Crippen LogP contribution < -0.4 is 4.74 Å². The Bertz CT molecular complexity index is 884. The van der Waals surface area contributed by atoms with Gasteiger partial charge in [-0.15, -0.1) is 5.10 Å². The van der Waals surface area contributed by atoms with Gasteiger partial charge in [0.15, 0.2) is 0 Å². The van der Waals surface area contributed by atoms with Gasteiger partial charge in [-0.3, -0.25) is 0 Å². The quantitative estimate of drug-likeness (QED) is 0.770. The molecule has 1 aliphatic heterocycles. The first-order chi connectivity index (χ1) is 12.7. The van der Waals surface area contributed by atoms with Gasteiger partial charge in [0.25, 0.3) is 0 Å². The third-order valence-electron chi connectivity index (χ3n) is 4.31. The van der Waals surface area contributed by atoms with Gasteiger partial charge >= 0.3 is 6.18 Å². The van der Waals surface area contributed by atoms with Crippen LogP contribution in [-0.2, 0) is 16.2 Å². The van der Waals surface area contributed by atoms with Crippen LogP contribution >= 0.6 is 0 Å². The molecule has 0 radical (unpaired) electrons. The minimum atomic E-state index is -4.50. The van der Waals surface area contributed by atoms with E-state index in [0.29, 0.717) is 12.3 Å². The molecule has 0 bridgehead atoms. The van der Waals surface area contributed by atoms with Gasteiger partial charge in [0, 0.05) is 25.1 Å². The summed E-state index contributed by atoms with van der Waals surface area (Å²) >= 11 is 0. The number of aryl methyl sites for hydroxylation is 1. The highest BCUT2D eigenvalue weighted by molar-refractivity contribution is 7.89. The second kappa shape index (κ2) is 7.43. The number of ether oxygens (including phenoxy) is 1. The summed E-state index contributed by atoms with van der Waals surface area (Å²) < 4.78 is 70.0. The Morgan fingerprint density at radius 2 is 1.85 bits per heavy atom. The molecule has 27 heavy (non-hydrogen) atoms. The Labute approximate surface area is 155 Å². The number of alkyl halides is 3. The van der Waals surface area contributed by atoms with Crippen LogP contribution in [0.2, 0.25) is 0 Å². The van der Waals surface area contributed by atoms with E-state index in [1.165, 1.54) is 4.31 Å². The Balaban J connectivity index is 1.62. The molecule has 1 atom stereocenters. The Hall–Kier alpha value is -2.20. The lowest BCUT2D eigenvalue weighted by molar-refractivity contribution is -0.137. The summed E-state index contributed by atoms with van der Waals surface area (Å²) in [6, 6.07) is 6.99. The van der Waals surface area contributed by atoms with Crippen LogP contribution in [0.1, 0.15) is 17.7 Å². The third-order valence-corrected chi connectivity index (χ3v) is 6.19. The largest absolute Gasteiger partial charge is 0.476 e. The summed E-state index contributed by atoms with van der Waals surface area (Å²) in [7, 11) is -3.84. The number of aromatic nitrogens is 2. The van der Waals surface area contributed by atoms with Gasteiger partial charge in [0.2, 0.25) is 15.9 Å². The fourth-order valence-corrected chi connectivity index (χ4v) is 4.31. The maximum atomic E-state index is 12.6. The van der Waals surface area contributed by atoms with E-state index in [2.05, 4.69) is 10.2 Å². The van der Waals surface area contributed by atoms with Gasteiger partial charge in [0.1, 0.15) is 0 Å². The SMILES string of the molecule is Cc1ccc(OCC2CCN(S(=O)(=O)c3ccc(C(F)(F)F)cc3)C2)nn1. The first-order valence-electron chi connectivity index (χ1n) is 8.27. The number of nitrogens with zero attached hydrogens (tertiary/aromatic N) is 3. The molecule has 0 saturated carbocycles. The second-order valence-corrected chi connectivity index (χ2v) is 8.30. The Kier molecular flexibility index (Phi) is 5.38. The lowest BCUT2D eigenvalue weighted by Crippen LogP contribution is -2.29. The molecule has 1 aromatic carbocycles. The van der Waals surface area contributed by atoms with Gasteiger partial charge in [0.05, 0.1) is 22.8 Å². The van der Waals surface area contributed by atoms with Crippen molar-refractivity contribution in [3.63, 3.8) is 0 Å². The molecule has 10 heteroatoms. The number of hydrogen-bond donors (Lipinski definition) is 0. The lowest BCUT2D eigenvalue weighted by atomic mass is 10.1. The summed E-state index contributed by atoms with van der Waals surface area (Å²) in [4.78, 5) is -0.151. The van der Waals surface area contributed by atoms with Crippen LogP contribution in [0.5, 0.6) is 5.88 Å². The van der Waals surface area contributed by atoms with E-state index in [0.717, 1.165) is 30.0 Å². The maximum absolute atomic E-state index is 12.6. The van der Waals surface area contributed by atoms with Crippen LogP contribution in [0.3, 0.4) is 0 Å². The van der Waals surface area contributed by atoms with E-state index in [4.69, 9.17) is 4.74 Å². The zero-order valence-corrected chi connectivity index (χ0v) is 15.3. The van der Waals surface area contributed by atoms with Crippen molar-refractivity contribution in [1.82, 2.24) is 14.5 Å². The smallest absolute Gasteiger partial charge is 0.416 e. The summed E-state index contributed by atoms with van der Waals surface area (Å²) in [5, 5.41) is 7.77. The monoisotopic (exact) mass is 401 g/mol. The standard InChI is InChI=1S/C17H18F3N3O3S/c1-12-2-7-16(22-21-12)26-11-13-8-9-23(10-13)27(24,25)15-5-3-14(4-6-15)17(18,19)20/h2-7,13H,8-11H2,1H3. The van der Waals surface area contributed by atoms with E-state index in [9.17, 15) is 21.6 Å². The molecule has 0 N–H and O–H groups in total. The molecular weight excluding hydrogens is 383 g/mol. The molecule has 6 nitrogen and oxygen atoms in total. The summed E-state index contributed by atoms with van der Waals surface area (Å²) in [6.45, 7) is 2.62. The van der Waals surface area contributed by atoms with E-state index in [1.54, 1.807) is 19.1 Å². The topological polar surface area (TPSA) is 72.4 Å². The van der Waals surface area contributed by atoms with Gasteiger partial charge in [-0.2, -0.15) is 22.6 Å². The highest BCUT2D eigenvalue weighted by Gasteiger charge is 2.34. The molecule has 2 heterocycles. The Morgan fingerprint density at radius 1 is 1.15 bits per heavy atom. The molecule has 3 rings (SSSR count). The average Bonchev–Trinajstić information content (AvgIpc) is 3.10. The first kappa shape index (κ1) is 19.6. The van der Waals surface area contributed by atoms with Crippen LogP contribution in [0.25, 0.3) is 0 Å². The fraction of sp³-hybridized carbons (Fsp3) is 0.412. The highest BCUT2D eigenvalue weighted by atomic mass is 32.2. The van der Waals surface area contributed by atoms with Crippen molar-refractivity contribution in [1.29, 1.82) is 0 Å². The van der Waals surface area contributed by atoms with E-state index >= 15 is 0 Å². The minimum Gasteiger partial charge on any atom is -0.476 e. The van der Waals surface area contributed by atoms with E-state index in [-0.39, 0.29) is 30.5 Å². The molecule has 1 unspecified atom stereocenters. The van der Waals surface area contributed by atoms with Crippen LogP contribution in [-0.4, -0.2) is 42.6 Å². The predicted octanol–water partition coefficient (Wildman–Crippen LogP) is 2.89. The molecule has 1 aromatic heterocycles. The van der Waals surface area contributed by atoms with Crippen molar-refractivity contribution < 1.29 is 26.3 Å². The zero-order chi connectivity index (χ0) is 19.7. The highest BCUT2D eigenvalue weighted by Crippen LogP contribution is 2.31. The second-order valence-electron chi connectivity index (χ2n) is 6.36. The van der Waals surface area contributed by atoms with Gasteiger partial charge in [-0.1, -0.05) is 0 Å². The maximum Gasteiger partial charge on any atom is 0.416 e. The molecule has 1 saturated heterocycles. The summed E-state index contributed by atoms with van der Waals surface area (Å²) in [5.74, 6) is 0.335. The normalized spacial score (nSPS) is 18.6. The molecule has 146 valence electrons. The Morgan fingerprint density at radius 3 is 2.44 bits per heavy atom. The molecule has 0 amide bonds. The average molecular weight is 401 g/mol. The third kappa shape index (κ3) is 4.56. The first-order valence-corrected chi connectivity index (χ1v) is 9.71. The van der Waals surface area contributed by atoms with Crippen molar-refractivity contribution in [2.45, 2.75) is 24.4 Å². The minimum absolute atomic E-state index is 0.0303. The molecule has 1 aliphatic rings. The fourth-order valence-electron chi connectivity index (χ4n) is 2.78. The van der Waals surface area contributed by atoms with Crippen molar-refractivity contribution in [2.75, 3.05) is 19.7 Å². The van der Waals surface area contributed by atoms with Crippen LogP contribution in [0, 0.1) is 12.8 Å². The van der Waals surface area contributed by atoms with Gasteiger partial charge in [-0.25, -0.2) is 8.42 Å². The number of halogens is 3. The zero-order valence-electron chi connectivity index (χ0n) is 14.5. The summed E-state index contributed by atoms with van der Waals surface area (Å²) in [5.41, 5.74) is -0.120. The molecule has 0 aliphatic carbocycles. The van der Waals surface area contributed by atoms with Crippen molar-refractivity contribution in [3.05, 3.63) is 47.7 Å². The number of hydrogen-bond acceptors (Lipinski definition) is 5. The van der Waals surface area contributed by atoms with Crippen LogP contribution in [0.15, 0.2) is 41.3 Å². The van der Waals surface area contributed by atoms with E-state index < -0.39 is 21.8 Å². The summed E-state index contributed by atoms with van der Waals surface area (Å²) in [6.07, 6.45) is -3.91. The lowest BCUT2D eigenvalue weighted by Gasteiger charge is -2.17. The molecular formula is C17H18F3N3O3S. The van der Waals surface area contributed by atoms with Gasteiger partial charge < -0.3 is 4.74 Å². The van der Waals surface area contributed by atoms with Crippen molar-refractivity contribution in [3.8, 4) is 5.88 Å². The molecule has 1 fully saturated rings. The van der Waals surface area contributed by atoms with Crippen molar-refractivity contribution >= 4 is 10.0 Å². The van der Waals surface area contributed by atoms with Crippen LogP contribution in [0.4, 0.5) is 13.2 Å². The molecule has 2 aromatic rings.